The Morgan fingerprint density at radius 1 is 1.16 bits per heavy atom. The molecular weight excluding hydrogens is 418 g/mol. The van der Waals surface area contributed by atoms with Crippen molar-refractivity contribution in [3.8, 4) is 0 Å². The van der Waals surface area contributed by atoms with Gasteiger partial charge in [0.2, 0.25) is 0 Å². The van der Waals surface area contributed by atoms with Gasteiger partial charge in [-0.2, -0.15) is 0 Å². The van der Waals surface area contributed by atoms with Crippen molar-refractivity contribution in [1.82, 2.24) is 13.9 Å². The standard InChI is InChI=1S/C22H25N3O5S/c1-21(2,3)30-20(26)24-13-11-22(27,15-24)18-14-16-8-7-12-23-19(16)25(18)31(28,29)17-9-5-4-6-10-17/h4-10,12,14,27H,11,13,15H2,1-3H3. The molecule has 1 unspecified atom stereocenters. The van der Waals surface area contributed by atoms with E-state index in [1.165, 1.54) is 23.2 Å². The van der Waals surface area contributed by atoms with Gasteiger partial charge in [-0.15, -0.1) is 0 Å². The fourth-order valence-corrected chi connectivity index (χ4v) is 5.34. The van der Waals surface area contributed by atoms with Gasteiger partial charge in [0.25, 0.3) is 10.0 Å². The number of aliphatic hydroxyl groups is 1. The van der Waals surface area contributed by atoms with Gasteiger partial charge < -0.3 is 14.7 Å². The second-order valence-electron chi connectivity index (χ2n) is 8.71. The molecule has 3 heterocycles. The number of hydrogen-bond donors (Lipinski definition) is 1. The number of β-amino-alcohol motifs (C(OH)–C–C–N with tert-alkyl or cyclic N) is 1. The molecule has 2 aromatic heterocycles. The van der Waals surface area contributed by atoms with Crippen LogP contribution in [0.3, 0.4) is 0 Å². The largest absolute Gasteiger partial charge is 0.444 e. The number of pyridine rings is 1. The topological polar surface area (TPSA) is 102 Å². The van der Waals surface area contributed by atoms with Crippen molar-refractivity contribution in [2.45, 2.75) is 43.3 Å². The molecule has 1 aromatic carbocycles. The van der Waals surface area contributed by atoms with Crippen molar-refractivity contribution in [2.75, 3.05) is 13.1 Å². The third-order valence-electron chi connectivity index (χ3n) is 5.18. The summed E-state index contributed by atoms with van der Waals surface area (Å²) in [6.45, 7) is 5.46. The van der Waals surface area contributed by atoms with Gasteiger partial charge in [0.1, 0.15) is 11.2 Å². The lowest BCUT2D eigenvalue weighted by molar-refractivity contribution is 0.0125. The van der Waals surface area contributed by atoms with E-state index in [1.807, 2.05) is 0 Å². The van der Waals surface area contributed by atoms with Crippen molar-refractivity contribution in [1.29, 1.82) is 0 Å². The van der Waals surface area contributed by atoms with Gasteiger partial charge >= 0.3 is 6.09 Å². The fraction of sp³-hybridized carbons (Fsp3) is 0.364. The number of rotatable bonds is 3. The predicted molar refractivity (Wildman–Crippen MR) is 115 cm³/mol. The Kier molecular flexibility index (Phi) is 5.06. The van der Waals surface area contributed by atoms with Gasteiger partial charge in [0.15, 0.2) is 5.65 Å². The van der Waals surface area contributed by atoms with E-state index < -0.39 is 27.3 Å². The molecule has 1 saturated heterocycles. The Hall–Kier alpha value is -2.91. The summed E-state index contributed by atoms with van der Waals surface area (Å²) in [6, 6.07) is 13.1. The van der Waals surface area contributed by atoms with Crippen LogP contribution in [0.5, 0.6) is 0 Å². The molecule has 164 valence electrons. The molecule has 0 saturated carbocycles. The van der Waals surface area contributed by atoms with Gasteiger partial charge in [0, 0.05) is 24.5 Å². The number of ether oxygens (including phenoxy) is 1. The molecule has 1 amide bonds. The molecule has 1 fully saturated rings. The summed E-state index contributed by atoms with van der Waals surface area (Å²) in [4.78, 5) is 18.3. The summed E-state index contributed by atoms with van der Waals surface area (Å²) in [5, 5.41) is 12.1. The highest BCUT2D eigenvalue weighted by Crippen LogP contribution is 2.37. The Morgan fingerprint density at radius 3 is 2.55 bits per heavy atom. The van der Waals surface area contributed by atoms with E-state index in [4.69, 9.17) is 4.74 Å². The average molecular weight is 444 g/mol. The lowest BCUT2D eigenvalue weighted by atomic mass is 9.99. The van der Waals surface area contributed by atoms with Crippen molar-refractivity contribution in [3.63, 3.8) is 0 Å². The van der Waals surface area contributed by atoms with Crippen molar-refractivity contribution in [2.24, 2.45) is 0 Å². The number of carbonyl (C=O) groups is 1. The second-order valence-corrected chi connectivity index (χ2v) is 10.5. The first-order chi connectivity index (χ1) is 14.5. The highest BCUT2D eigenvalue weighted by atomic mass is 32.2. The summed E-state index contributed by atoms with van der Waals surface area (Å²) < 4.78 is 33.6. The molecule has 3 aromatic rings. The van der Waals surface area contributed by atoms with Crippen molar-refractivity contribution >= 4 is 27.1 Å². The van der Waals surface area contributed by atoms with Gasteiger partial charge in [0.05, 0.1) is 17.1 Å². The summed E-state index contributed by atoms with van der Waals surface area (Å²) in [5.74, 6) is 0. The molecule has 0 spiro atoms. The van der Waals surface area contributed by atoms with Crippen LogP contribution in [-0.4, -0.2) is 52.2 Å². The number of amides is 1. The summed E-state index contributed by atoms with van der Waals surface area (Å²) in [6.07, 6.45) is 1.14. The highest BCUT2D eigenvalue weighted by Gasteiger charge is 2.45. The number of hydrogen-bond acceptors (Lipinski definition) is 6. The molecule has 0 radical (unpaired) electrons. The van der Waals surface area contributed by atoms with Gasteiger partial charge in [-0.1, -0.05) is 18.2 Å². The number of aromatic nitrogens is 2. The van der Waals surface area contributed by atoms with Crippen LogP contribution in [0, 0.1) is 0 Å². The van der Waals surface area contributed by atoms with Crippen LogP contribution in [0.25, 0.3) is 11.0 Å². The first kappa shape index (κ1) is 21.3. The predicted octanol–water partition coefficient (Wildman–Crippen LogP) is 3.10. The van der Waals surface area contributed by atoms with Crippen LogP contribution in [0.4, 0.5) is 4.79 Å². The van der Waals surface area contributed by atoms with Crippen LogP contribution < -0.4 is 0 Å². The average Bonchev–Trinajstić information content (AvgIpc) is 3.30. The van der Waals surface area contributed by atoms with E-state index in [0.29, 0.717) is 5.39 Å². The summed E-state index contributed by atoms with van der Waals surface area (Å²) in [5.41, 5.74) is -1.84. The Morgan fingerprint density at radius 2 is 1.87 bits per heavy atom. The lowest BCUT2D eigenvalue weighted by Crippen LogP contribution is -2.39. The van der Waals surface area contributed by atoms with E-state index in [2.05, 4.69) is 4.98 Å². The highest BCUT2D eigenvalue weighted by molar-refractivity contribution is 7.90. The maximum Gasteiger partial charge on any atom is 0.410 e. The molecule has 31 heavy (non-hydrogen) atoms. The summed E-state index contributed by atoms with van der Waals surface area (Å²) >= 11 is 0. The quantitative estimate of drug-likeness (QED) is 0.667. The zero-order valence-corrected chi connectivity index (χ0v) is 18.5. The van der Waals surface area contributed by atoms with E-state index in [1.54, 1.807) is 57.2 Å². The zero-order chi connectivity index (χ0) is 22.4. The molecule has 1 aliphatic heterocycles. The van der Waals surface area contributed by atoms with E-state index in [0.717, 1.165) is 3.97 Å². The van der Waals surface area contributed by atoms with Gasteiger partial charge in [-0.3, -0.25) is 0 Å². The van der Waals surface area contributed by atoms with Crippen LogP contribution >= 0.6 is 0 Å². The Labute approximate surface area is 181 Å². The number of nitrogens with zero attached hydrogens (tertiary/aromatic N) is 3. The number of likely N-dealkylation sites (tertiary alicyclic amines) is 1. The molecule has 4 rings (SSSR count). The Balaban J connectivity index is 1.81. The molecule has 1 atom stereocenters. The van der Waals surface area contributed by atoms with Crippen LogP contribution in [0.1, 0.15) is 32.9 Å². The number of benzene rings is 1. The minimum Gasteiger partial charge on any atom is -0.444 e. The Bertz CT molecular complexity index is 1230. The SMILES string of the molecule is CC(C)(C)OC(=O)N1CCC(O)(c2cc3cccnc3n2S(=O)(=O)c2ccccc2)C1. The maximum atomic E-state index is 13.5. The molecule has 1 N–H and O–H groups in total. The van der Waals surface area contributed by atoms with Gasteiger partial charge in [-0.25, -0.2) is 22.2 Å². The molecule has 0 bridgehead atoms. The molecule has 9 heteroatoms. The van der Waals surface area contributed by atoms with Gasteiger partial charge in [-0.05, 0) is 51.1 Å². The van der Waals surface area contributed by atoms with Crippen LogP contribution in [0.15, 0.2) is 59.6 Å². The van der Waals surface area contributed by atoms with E-state index in [-0.39, 0.29) is 35.7 Å². The monoisotopic (exact) mass is 443 g/mol. The summed E-state index contributed by atoms with van der Waals surface area (Å²) in [7, 11) is -4.04. The normalized spacial score (nSPS) is 19.7. The lowest BCUT2D eigenvalue weighted by Gasteiger charge is -2.27. The van der Waals surface area contributed by atoms with Crippen LogP contribution in [-0.2, 0) is 20.4 Å². The van der Waals surface area contributed by atoms with Crippen LogP contribution in [0.2, 0.25) is 0 Å². The number of carbonyl (C=O) groups excluding carboxylic acids is 1. The minimum absolute atomic E-state index is 0.0808. The zero-order valence-electron chi connectivity index (χ0n) is 17.6. The maximum absolute atomic E-state index is 13.5. The first-order valence-electron chi connectivity index (χ1n) is 9.99. The van der Waals surface area contributed by atoms with E-state index >= 15 is 0 Å². The smallest absolute Gasteiger partial charge is 0.410 e. The third-order valence-corrected chi connectivity index (χ3v) is 6.90. The third kappa shape index (κ3) is 3.90. The second kappa shape index (κ2) is 7.35. The molecule has 0 aliphatic carbocycles. The molecular formula is C22H25N3O5S. The van der Waals surface area contributed by atoms with E-state index in [9.17, 15) is 18.3 Å². The van der Waals surface area contributed by atoms with Crippen molar-refractivity contribution in [3.05, 3.63) is 60.4 Å². The molecule has 1 aliphatic rings. The fourth-order valence-electron chi connectivity index (χ4n) is 3.76. The first-order valence-corrected chi connectivity index (χ1v) is 11.4. The minimum atomic E-state index is -4.04. The molecule has 8 nitrogen and oxygen atoms in total. The van der Waals surface area contributed by atoms with Crippen molar-refractivity contribution < 1.29 is 23.1 Å². The number of fused-ring (bicyclic) bond motifs is 1.